The van der Waals surface area contributed by atoms with E-state index in [9.17, 15) is 0 Å². The van der Waals surface area contributed by atoms with Crippen molar-refractivity contribution in [1.29, 1.82) is 0 Å². The predicted octanol–water partition coefficient (Wildman–Crippen LogP) is 25.1. The molecule has 15 aromatic rings. The molecule has 0 radical (unpaired) electrons. The van der Waals surface area contributed by atoms with Crippen molar-refractivity contribution >= 4 is 101 Å². The van der Waals surface area contributed by atoms with Crippen LogP contribution in [0.15, 0.2) is 273 Å². The molecule has 4 heterocycles. The summed E-state index contributed by atoms with van der Waals surface area (Å²) in [6, 6.07) is 106. The lowest BCUT2D eigenvalue weighted by Gasteiger charge is -2.44. The third-order valence-corrected chi connectivity index (χ3v) is 24.6. The third kappa shape index (κ3) is 10.2. The first-order valence-electron chi connectivity index (χ1n) is 38.1. The molecule has 0 spiro atoms. The summed E-state index contributed by atoms with van der Waals surface area (Å²) in [6.07, 6.45) is 2.26. The van der Waals surface area contributed by atoms with E-state index in [-0.39, 0.29) is 39.2 Å². The minimum atomic E-state index is -0.177. The number of rotatable bonds is 8. The van der Waals surface area contributed by atoms with Gasteiger partial charge in [-0.1, -0.05) is 273 Å². The molecule has 13 aromatic carbocycles. The van der Waals surface area contributed by atoms with Gasteiger partial charge < -0.3 is 18.9 Å². The number of para-hydroxylation sites is 1. The first kappa shape index (κ1) is 64.9. The van der Waals surface area contributed by atoms with Gasteiger partial charge in [-0.15, -0.1) is 0 Å². The van der Waals surface area contributed by atoms with Crippen LogP contribution in [0.2, 0.25) is 0 Å². The molecule has 2 aliphatic carbocycles. The Labute approximate surface area is 620 Å². The summed E-state index contributed by atoms with van der Waals surface area (Å²) in [4.78, 5) is 5.26. The Morgan fingerprint density at radius 2 is 0.648 bits per heavy atom. The largest absolute Gasteiger partial charge is 0.311 e. The van der Waals surface area contributed by atoms with Crippen molar-refractivity contribution < 1.29 is 0 Å². The van der Waals surface area contributed by atoms with Crippen LogP contribution in [0, 0.1) is 0 Å². The fraction of sp³-hybridized carbons (Fsp3) is 0.220. The van der Waals surface area contributed by atoms with E-state index in [0.717, 1.165) is 52.7 Å². The SMILES string of the molecule is CC(C)(C)c1ccc2c(c1)c1cc(C(C)(C)C)ccc1n2-c1cc2c3c(c1)N(c1ccc(-c4ccc5c(c4)C(C)(C)CC5(C)C)cc1)c1cc(-n4c5ccccc5c5cc(-c6ccccc6)ccc54)ccc1B3c1cc(-c3ccccc3)ccc1N2c1ccc(-c2ccc3c(c2)C(C)(C)CC3(C)C)cc1. The van der Waals surface area contributed by atoms with Gasteiger partial charge in [-0.25, -0.2) is 0 Å². The van der Waals surface area contributed by atoms with Crippen molar-refractivity contribution in [2.24, 2.45) is 0 Å². The Balaban J connectivity index is 0.899. The van der Waals surface area contributed by atoms with Crippen LogP contribution >= 0.6 is 0 Å². The standard InChI is InChI=1S/C100H91BN4/c1-95(2,3)70-37-49-88-78(55-70)79-56-71(96(4,5)6)38-50-89(79)105(88)75-58-92-94-93(59-75)103(73-41-31-65(32-42-73)68-34-45-81-83(53-68)100(13,14)61-98(81,9)10)91-57-74(104-86-28-22-21-27-76(86)77-51-66(35-47-87(77)104)62-23-17-15-18-24-62)43-46-84(91)101(94)85-54-69(63-25-19-16-20-26-63)36-48-90(85)102(92)72-39-29-64(30-40-72)67-33-44-80-82(52-67)99(11,12)60-97(80,7)8/h15-59H,60-61H2,1-14H3. The predicted molar refractivity (Wildman–Crippen MR) is 450 cm³/mol. The monoisotopic (exact) mass is 1360 g/mol. The van der Waals surface area contributed by atoms with E-state index >= 15 is 0 Å². The number of hydrogen-bond donors (Lipinski definition) is 0. The average Bonchev–Trinajstić information content (AvgIpc) is 1.56. The molecule has 0 saturated heterocycles. The molecule has 0 N–H and O–H groups in total. The Morgan fingerprint density at radius 3 is 1.17 bits per heavy atom. The molecule has 514 valence electrons. The molecule has 0 fully saturated rings. The lowest BCUT2D eigenvalue weighted by molar-refractivity contribution is 0.402. The summed E-state index contributed by atoms with van der Waals surface area (Å²) in [5.74, 6) is 0. The number of nitrogens with zero attached hydrogens (tertiary/aromatic N) is 4. The minimum Gasteiger partial charge on any atom is -0.311 e. The Bertz CT molecular complexity index is 6030. The molecule has 4 nitrogen and oxygen atoms in total. The number of benzene rings is 13. The van der Waals surface area contributed by atoms with Crippen molar-refractivity contribution in [3.05, 3.63) is 306 Å². The molecule has 5 heteroatoms. The highest BCUT2D eigenvalue weighted by molar-refractivity contribution is 7.00. The van der Waals surface area contributed by atoms with Gasteiger partial charge in [0.1, 0.15) is 0 Å². The van der Waals surface area contributed by atoms with Crippen LogP contribution in [0.1, 0.15) is 143 Å². The van der Waals surface area contributed by atoms with Gasteiger partial charge in [-0.05, 0) is 237 Å². The molecule has 2 aromatic heterocycles. The maximum atomic E-state index is 2.64. The normalized spacial score (nSPS) is 15.9. The molecule has 0 atom stereocenters. The van der Waals surface area contributed by atoms with Crippen LogP contribution in [0.5, 0.6) is 0 Å². The molecular formula is C100H91BN4. The van der Waals surface area contributed by atoms with E-state index in [0.29, 0.717) is 0 Å². The lowest BCUT2D eigenvalue weighted by Crippen LogP contribution is -2.61. The summed E-state index contributed by atoms with van der Waals surface area (Å²) in [7, 11) is 0. The van der Waals surface area contributed by atoms with Crippen LogP contribution in [0.4, 0.5) is 34.1 Å². The van der Waals surface area contributed by atoms with E-state index < -0.39 is 0 Å². The lowest BCUT2D eigenvalue weighted by atomic mass is 9.33. The van der Waals surface area contributed by atoms with Gasteiger partial charge in [-0.2, -0.15) is 0 Å². The van der Waals surface area contributed by atoms with Crippen LogP contribution in [0.25, 0.3) is 99.5 Å². The number of aromatic nitrogens is 2. The van der Waals surface area contributed by atoms with Crippen LogP contribution < -0.4 is 26.2 Å². The van der Waals surface area contributed by atoms with Crippen molar-refractivity contribution in [1.82, 2.24) is 9.13 Å². The van der Waals surface area contributed by atoms with E-state index in [1.54, 1.807) is 0 Å². The molecule has 2 aliphatic heterocycles. The summed E-state index contributed by atoms with van der Waals surface area (Å²) in [6.45, 7) is 33.2. The minimum absolute atomic E-state index is 0.0617. The third-order valence-electron chi connectivity index (χ3n) is 24.6. The van der Waals surface area contributed by atoms with Crippen LogP contribution in [-0.4, -0.2) is 15.8 Å². The van der Waals surface area contributed by atoms with E-state index in [4.69, 9.17) is 0 Å². The summed E-state index contributed by atoms with van der Waals surface area (Å²) < 4.78 is 5.11. The maximum absolute atomic E-state index is 2.64. The molecule has 0 unspecified atom stereocenters. The van der Waals surface area contributed by atoms with Crippen LogP contribution in [0.3, 0.4) is 0 Å². The number of hydrogen-bond acceptors (Lipinski definition) is 2. The van der Waals surface area contributed by atoms with Gasteiger partial charge in [0.25, 0.3) is 6.71 Å². The van der Waals surface area contributed by atoms with Gasteiger partial charge in [0.2, 0.25) is 0 Å². The molecule has 0 saturated carbocycles. The highest BCUT2D eigenvalue weighted by Crippen LogP contribution is 2.54. The summed E-state index contributed by atoms with van der Waals surface area (Å²) in [5, 5.41) is 4.99. The van der Waals surface area contributed by atoms with Crippen LogP contribution in [-0.2, 0) is 32.5 Å². The fourth-order valence-corrected chi connectivity index (χ4v) is 19.8. The second-order valence-corrected chi connectivity index (χ2v) is 35.6. The maximum Gasteiger partial charge on any atom is 0.252 e. The average molecular weight is 1360 g/mol. The Hall–Kier alpha value is -10.9. The van der Waals surface area contributed by atoms with Gasteiger partial charge in [0.05, 0.1) is 27.8 Å². The topological polar surface area (TPSA) is 16.3 Å². The molecule has 19 rings (SSSR count). The zero-order chi connectivity index (χ0) is 72.2. The molecule has 105 heavy (non-hydrogen) atoms. The Morgan fingerprint density at radius 1 is 0.267 bits per heavy atom. The highest BCUT2D eigenvalue weighted by atomic mass is 15.2. The van der Waals surface area contributed by atoms with Gasteiger partial charge in [0.15, 0.2) is 0 Å². The number of anilines is 6. The summed E-state index contributed by atoms with van der Waals surface area (Å²) in [5.41, 5.74) is 36.1. The van der Waals surface area contributed by atoms with Gasteiger partial charge >= 0.3 is 0 Å². The quantitative estimate of drug-likeness (QED) is 0.141. The molecule has 0 bridgehead atoms. The first-order chi connectivity index (χ1) is 50.3. The van der Waals surface area contributed by atoms with Crippen molar-refractivity contribution in [3.63, 3.8) is 0 Å². The molecule has 4 aliphatic rings. The fourth-order valence-electron chi connectivity index (χ4n) is 19.8. The number of fused-ring (bicyclic) bond motifs is 12. The second-order valence-electron chi connectivity index (χ2n) is 35.6. The van der Waals surface area contributed by atoms with E-state index in [1.807, 2.05) is 0 Å². The second kappa shape index (κ2) is 22.8. The summed E-state index contributed by atoms with van der Waals surface area (Å²) >= 11 is 0. The van der Waals surface area contributed by atoms with Crippen molar-refractivity contribution in [2.75, 3.05) is 9.80 Å². The van der Waals surface area contributed by atoms with Crippen molar-refractivity contribution in [3.8, 4) is 55.9 Å². The zero-order valence-corrected chi connectivity index (χ0v) is 63.3. The molecular weight excluding hydrogens is 1270 g/mol. The van der Waals surface area contributed by atoms with E-state index in [2.05, 4.69) is 389 Å². The molecule has 0 amide bonds. The highest BCUT2D eigenvalue weighted by Gasteiger charge is 2.46. The van der Waals surface area contributed by atoms with E-state index in [1.165, 1.54) is 144 Å². The Kier molecular flexibility index (Phi) is 14.1. The van der Waals surface area contributed by atoms with Gasteiger partial charge in [-0.3, -0.25) is 0 Å². The smallest absolute Gasteiger partial charge is 0.252 e. The first-order valence-corrected chi connectivity index (χ1v) is 38.1. The van der Waals surface area contributed by atoms with Crippen molar-refractivity contribution in [2.45, 2.75) is 142 Å². The zero-order valence-electron chi connectivity index (χ0n) is 63.3. The van der Waals surface area contributed by atoms with Gasteiger partial charge in [0, 0.05) is 61.4 Å².